The van der Waals surface area contributed by atoms with Gasteiger partial charge in [0.05, 0.1) is 56.9 Å². The highest BCUT2D eigenvalue weighted by atomic mass is 28.4. The van der Waals surface area contributed by atoms with E-state index in [0.717, 1.165) is 47.6 Å². The molecule has 1 N–H and O–H groups in total. The van der Waals surface area contributed by atoms with E-state index in [0.29, 0.717) is 35.6 Å². The Kier molecular flexibility index (Phi) is 9.05. The molecule has 4 aromatic rings. The molecule has 12 nitrogen and oxygen atoms in total. The fourth-order valence-corrected chi connectivity index (χ4v) is 6.52. The summed E-state index contributed by atoms with van der Waals surface area (Å²) >= 11 is 0. The molecule has 1 fully saturated rings. The number of imidazole rings is 1. The lowest BCUT2D eigenvalue weighted by Gasteiger charge is -2.38. The van der Waals surface area contributed by atoms with Crippen LogP contribution in [-0.4, -0.2) is 78.1 Å². The Labute approximate surface area is 267 Å². The predicted octanol–water partition coefficient (Wildman–Crippen LogP) is 6.66. The third kappa shape index (κ3) is 6.32. The molecule has 45 heavy (non-hydrogen) atoms. The Morgan fingerprint density at radius 1 is 1.04 bits per heavy atom. The molecule has 1 aliphatic heterocycles. The Bertz CT molecular complexity index is 1630. The van der Waals surface area contributed by atoms with Gasteiger partial charge in [-0.25, -0.2) is 9.67 Å². The van der Waals surface area contributed by atoms with Gasteiger partial charge in [-0.3, -0.25) is 0 Å². The molecule has 0 bridgehead atoms. The summed E-state index contributed by atoms with van der Waals surface area (Å²) in [7, 11) is 2.88. The highest BCUT2D eigenvalue weighted by Crippen LogP contribution is 2.40. The Hall–Kier alpha value is -3.84. The van der Waals surface area contributed by atoms with E-state index in [9.17, 15) is 0 Å². The number of hydrogen-bond acceptors (Lipinski definition) is 10. The molecule has 244 valence electrons. The average Bonchev–Trinajstić information content (AvgIpc) is 3.73. The first-order chi connectivity index (χ1) is 21.3. The van der Waals surface area contributed by atoms with Crippen LogP contribution in [0.4, 0.5) is 17.6 Å². The molecule has 4 heterocycles. The average molecular weight is 637 g/mol. The molecule has 0 aliphatic carbocycles. The number of ether oxygens (including phenoxy) is 3. The summed E-state index contributed by atoms with van der Waals surface area (Å²) in [5.74, 6) is 3.60. The molecule has 0 unspecified atom stereocenters. The van der Waals surface area contributed by atoms with Crippen LogP contribution < -0.4 is 24.4 Å². The molecule has 13 heteroatoms. The number of aromatic nitrogens is 6. The largest absolute Gasteiger partial charge is 0.493 e. The van der Waals surface area contributed by atoms with Crippen molar-refractivity contribution in [2.24, 2.45) is 0 Å². The first-order valence-corrected chi connectivity index (χ1v) is 18.5. The van der Waals surface area contributed by atoms with Crippen LogP contribution in [0.3, 0.4) is 0 Å². The van der Waals surface area contributed by atoms with Gasteiger partial charge in [0.2, 0.25) is 11.7 Å². The number of nitrogens with one attached hydrogen (secondary N) is 1. The summed E-state index contributed by atoms with van der Waals surface area (Å²) in [5, 5.41) is 9.38. The lowest BCUT2D eigenvalue weighted by molar-refractivity contribution is 0.263. The van der Waals surface area contributed by atoms with Gasteiger partial charge in [0.25, 0.3) is 0 Å². The molecule has 3 aromatic heterocycles. The van der Waals surface area contributed by atoms with Crippen LogP contribution in [0.15, 0.2) is 24.7 Å². The second-order valence-corrected chi connectivity index (χ2v) is 18.2. The zero-order valence-corrected chi connectivity index (χ0v) is 29.6. The van der Waals surface area contributed by atoms with Crippen LogP contribution >= 0.6 is 0 Å². The van der Waals surface area contributed by atoms with E-state index in [1.807, 2.05) is 34.5 Å². The molecule has 1 aliphatic rings. The van der Waals surface area contributed by atoms with Crippen molar-refractivity contribution in [1.82, 2.24) is 29.3 Å². The van der Waals surface area contributed by atoms with Gasteiger partial charge in [0.15, 0.2) is 31.3 Å². The van der Waals surface area contributed by atoms with E-state index in [1.54, 1.807) is 27.7 Å². The van der Waals surface area contributed by atoms with Crippen LogP contribution in [0.1, 0.15) is 59.2 Å². The van der Waals surface area contributed by atoms with Gasteiger partial charge in [-0.1, -0.05) is 20.8 Å². The van der Waals surface area contributed by atoms with Crippen molar-refractivity contribution in [3.8, 4) is 22.9 Å². The lowest BCUT2D eigenvalue weighted by Crippen LogP contribution is -2.45. The molecule has 0 radical (unpaired) electrons. The summed E-state index contributed by atoms with van der Waals surface area (Å²) in [5.41, 5.74) is 2.52. The SMILES string of the molecule is COc1cc(-n2cnc(Nc3nc(N4CCC[C@H]4CO[Si](C)(C)C(C)(C)C)c4c(C)nn(C(C)C)c4n3)c2)cc(OC)c1OC. The number of benzene rings is 1. The van der Waals surface area contributed by atoms with E-state index in [4.69, 9.17) is 33.7 Å². The van der Waals surface area contributed by atoms with E-state index < -0.39 is 8.32 Å². The quantitative estimate of drug-likeness (QED) is 0.179. The standard InChI is InChI=1S/C32H48N8O4Si/c1-20(2)40-30-27(21(3)37-40)29(39-14-12-13-22(39)18-44-45(10,11)32(4,5)6)35-31(36-30)34-26-17-38(19-33-26)23-15-24(41-7)28(43-9)25(16-23)42-8/h15-17,19-20,22H,12-14,18H2,1-11H3,(H,34,35,36)/t22-/m0/s1. The van der Waals surface area contributed by atoms with Gasteiger partial charge in [-0.2, -0.15) is 15.1 Å². The number of fused-ring (bicyclic) bond motifs is 1. The maximum absolute atomic E-state index is 6.71. The molecule has 1 aromatic carbocycles. The van der Waals surface area contributed by atoms with Gasteiger partial charge in [0, 0.05) is 24.7 Å². The minimum atomic E-state index is -1.91. The topological polar surface area (TPSA) is 114 Å². The maximum atomic E-state index is 6.71. The molecular weight excluding hydrogens is 588 g/mol. The third-order valence-electron chi connectivity index (χ3n) is 9.06. The van der Waals surface area contributed by atoms with Crippen molar-refractivity contribution < 1.29 is 18.6 Å². The van der Waals surface area contributed by atoms with Crippen LogP contribution in [0.2, 0.25) is 18.1 Å². The number of rotatable bonds is 11. The van der Waals surface area contributed by atoms with Crippen LogP contribution in [0.5, 0.6) is 17.2 Å². The summed E-state index contributed by atoms with van der Waals surface area (Å²) in [6, 6.07) is 4.10. The number of aryl methyl sites for hydroxylation is 1. The van der Waals surface area contributed by atoms with E-state index in [1.165, 1.54) is 0 Å². The monoisotopic (exact) mass is 636 g/mol. The van der Waals surface area contributed by atoms with Gasteiger partial charge in [-0.05, 0) is 51.7 Å². The first-order valence-electron chi connectivity index (χ1n) is 15.6. The number of methoxy groups -OCH3 is 3. The van der Waals surface area contributed by atoms with Gasteiger partial charge < -0.3 is 33.4 Å². The van der Waals surface area contributed by atoms with Crippen molar-refractivity contribution in [3.05, 3.63) is 30.4 Å². The van der Waals surface area contributed by atoms with Crippen molar-refractivity contribution >= 4 is 36.9 Å². The summed E-state index contributed by atoms with van der Waals surface area (Å²) in [4.78, 5) is 17.1. The van der Waals surface area contributed by atoms with Crippen molar-refractivity contribution in [2.75, 3.05) is 44.7 Å². The molecular formula is C32H48N8O4Si. The second kappa shape index (κ2) is 12.5. The van der Waals surface area contributed by atoms with E-state index >= 15 is 0 Å². The minimum absolute atomic E-state index is 0.132. The summed E-state index contributed by atoms with van der Waals surface area (Å²) in [6.45, 7) is 19.3. The lowest BCUT2D eigenvalue weighted by atomic mass is 10.2. The Morgan fingerprint density at radius 3 is 2.33 bits per heavy atom. The van der Waals surface area contributed by atoms with Gasteiger partial charge >= 0.3 is 0 Å². The van der Waals surface area contributed by atoms with Crippen LogP contribution in [-0.2, 0) is 4.43 Å². The molecule has 1 atom stereocenters. The van der Waals surface area contributed by atoms with Crippen molar-refractivity contribution in [3.63, 3.8) is 0 Å². The Morgan fingerprint density at radius 2 is 1.73 bits per heavy atom. The highest BCUT2D eigenvalue weighted by molar-refractivity contribution is 6.74. The van der Waals surface area contributed by atoms with E-state index in [-0.39, 0.29) is 17.1 Å². The number of hydrogen-bond donors (Lipinski definition) is 1. The van der Waals surface area contributed by atoms with Crippen molar-refractivity contribution in [2.45, 2.75) is 84.6 Å². The second-order valence-electron chi connectivity index (χ2n) is 13.4. The maximum Gasteiger partial charge on any atom is 0.232 e. The normalized spacial score (nSPS) is 15.7. The molecule has 0 saturated carbocycles. The van der Waals surface area contributed by atoms with E-state index in [2.05, 4.69) is 62.9 Å². The zero-order chi connectivity index (χ0) is 32.7. The third-order valence-corrected chi connectivity index (χ3v) is 13.6. The Balaban J connectivity index is 1.50. The molecule has 1 saturated heterocycles. The molecule has 5 rings (SSSR count). The fraction of sp³-hybridized carbons (Fsp3) is 0.562. The van der Waals surface area contributed by atoms with Gasteiger partial charge in [-0.15, -0.1) is 0 Å². The van der Waals surface area contributed by atoms with Crippen LogP contribution in [0, 0.1) is 6.92 Å². The first kappa shape index (κ1) is 32.5. The molecule has 0 amide bonds. The molecule has 0 spiro atoms. The predicted molar refractivity (Wildman–Crippen MR) is 180 cm³/mol. The summed E-state index contributed by atoms with van der Waals surface area (Å²) in [6.07, 6.45) is 5.74. The van der Waals surface area contributed by atoms with Crippen LogP contribution in [0.25, 0.3) is 16.7 Å². The smallest absolute Gasteiger partial charge is 0.232 e. The minimum Gasteiger partial charge on any atom is -0.493 e. The number of anilines is 3. The summed E-state index contributed by atoms with van der Waals surface area (Å²) < 4.78 is 27.1. The van der Waals surface area contributed by atoms with Crippen molar-refractivity contribution in [1.29, 1.82) is 0 Å². The fourth-order valence-electron chi connectivity index (χ4n) is 5.48. The number of nitrogens with zero attached hydrogens (tertiary/aromatic N) is 7. The van der Waals surface area contributed by atoms with Gasteiger partial charge in [0.1, 0.15) is 12.1 Å². The highest BCUT2D eigenvalue weighted by Gasteiger charge is 2.39. The zero-order valence-electron chi connectivity index (χ0n) is 28.6.